The third kappa shape index (κ3) is 4.77. The number of benzene rings is 2. The molecule has 2 atom stereocenters. The standard InChI is InChI=1S/C20H22Cl2N2O2/c21-17-7-6-15(10-18(17)22)12-20(25)24(26)19(16-8-9-23-13-16)11-14-4-2-1-3-5-14/h1-7,10,16,19,23,26H,8-9,11-13H2. The fourth-order valence-corrected chi connectivity index (χ4v) is 3.72. The molecule has 0 saturated carbocycles. The first kappa shape index (κ1) is 19.2. The van der Waals surface area contributed by atoms with Gasteiger partial charge in [0.1, 0.15) is 0 Å². The molecular formula is C20H22Cl2N2O2. The van der Waals surface area contributed by atoms with Gasteiger partial charge in [0, 0.05) is 6.54 Å². The van der Waals surface area contributed by atoms with E-state index in [4.69, 9.17) is 23.2 Å². The van der Waals surface area contributed by atoms with E-state index in [1.807, 2.05) is 30.3 Å². The number of carbonyl (C=O) groups is 1. The molecule has 6 heteroatoms. The second-order valence-electron chi connectivity index (χ2n) is 6.67. The van der Waals surface area contributed by atoms with E-state index in [1.54, 1.807) is 18.2 Å². The number of rotatable bonds is 6. The van der Waals surface area contributed by atoms with Crippen molar-refractivity contribution in [3.05, 3.63) is 69.7 Å². The Kier molecular flexibility index (Phi) is 6.54. The molecule has 2 N–H and O–H groups in total. The number of hydroxylamine groups is 2. The van der Waals surface area contributed by atoms with Gasteiger partial charge >= 0.3 is 0 Å². The monoisotopic (exact) mass is 392 g/mol. The zero-order chi connectivity index (χ0) is 18.5. The Morgan fingerprint density at radius 1 is 1.15 bits per heavy atom. The van der Waals surface area contributed by atoms with Gasteiger partial charge in [0.2, 0.25) is 0 Å². The van der Waals surface area contributed by atoms with Gasteiger partial charge in [-0.25, -0.2) is 5.06 Å². The van der Waals surface area contributed by atoms with Crippen LogP contribution >= 0.6 is 23.2 Å². The van der Waals surface area contributed by atoms with Crippen LogP contribution in [0.15, 0.2) is 48.5 Å². The fourth-order valence-electron chi connectivity index (χ4n) is 3.40. The summed E-state index contributed by atoms with van der Waals surface area (Å²) in [6.07, 6.45) is 1.64. The zero-order valence-corrected chi connectivity index (χ0v) is 15.9. The van der Waals surface area contributed by atoms with Crippen LogP contribution in [0.3, 0.4) is 0 Å². The van der Waals surface area contributed by atoms with Gasteiger partial charge < -0.3 is 5.32 Å². The van der Waals surface area contributed by atoms with Gasteiger partial charge in [0.15, 0.2) is 0 Å². The van der Waals surface area contributed by atoms with Gasteiger partial charge in [0.25, 0.3) is 5.91 Å². The van der Waals surface area contributed by atoms with E-state index in [2.05, 4.69) is 5.32 Å². The van der Waals surface area contributed by atoms with Crippen LogP contribution in [-0.4, -0.2) is 35.3 Å². The summed E-state index contributed by atoms with van der Waals surface area (Å²) in [6, 6.07) is 14.8. The van der Waals surface area contributed by atoms with Gasteiger partial charge in [-0.05, 0) is 48.6 Å². The van der Waals surface area contributed by atoms with Gasteiger partial charge in [-0.15, -0.1) is 0 Å². The van der Waals surface area contributed by atoms with E-state index < -0.39 is 0 Å². The summed E-state index contributed by atoms with van der Waals surface area (Å²) < 4.78 is 0. The summed E-state index contributed by atoms with van der Waals surface area (Å²) in [6.45, 7) is 1.71. The second-order valence-corrected chi connectivity index (χ2v) is 7.49. The molecule has 0 radical (unpaired) electrons. The molecule has 1 heterocycles. The topological polar surface area (TPSA) is 52.6 Å². The molecule has 26 heavy (non-hydrogen) atoms. The molecule has 2 unspecified atom stereocenters. The minimum atomic E-state index is -0.337. The van der Waals surface area contributed by atoms with E-state index >= 15 is 0 Å². The number of halogens is 2. The molecule has 1 amide bonds. The first-order valence-corrected chi connectivity index (χ1v) is 9.49. The second kappa shape index (κ2) is 8.87. The van der Waals surface area contributed by atoms with Crippen LogP contribution in [0.5, 0.6) is 0 Å². The molecule has 2 aromatic rings. The maximum atomic E-state index is 12.7. The largest absolute Gasteiger partial charge is 0.316 e. The average Bonchev–Trinajstić information content (AvgIpc) is 3.17. The maximum Gasteiger partial charge on any atom is 0.250 e. The van der Waals surface area contributed by atoms with Crippen molar-refractivity contribution in [2.45, 2.75) is 25.3 Å². The summed E-state index contributed by atoms with van der Waals surface area (Å²) >= 11 is 11.9. The van der Waals surface area contributed by atoms with Crippen molar-refractivity contribution in [1.29, 1.82) is 0 Å². The van der Waals surface area contributed by atoms with Crippen molar-refractivity contribution >= 4 is 29.1 Å². The average molecular weight is 393 g/mol. The smallest absolute Gasteiger partial charge is 0.250 e. The first-order chi connectivity index (χ1) is 12.5. The van der Waals surface area contributed by atoms with Crippen LogP contribution in [0, 0.1) is 5.92 Å². The lowest BCUT2D eigenvalue weighted by Gasteiger charge is -2.30. The number of amides is 1. The van der Waals surface area contributed by atoms with Gasteiger partial charge in [-0.2, -0.15) is 0 Å². The summed E-state index contributed by atoms with van der Waals surface area (Å²) in [4.78, 5) is 12.7. The van der Waals surface area contributed by atoms with E-state index in [0.29, 0.717) is 16.5 Å². The van der Waals surface area contributed by atoms with Crippen LogP contribution in [0.2, 0.25) is 10.0 Å². The highest BCUT2D eigenvalue weighted by atomic mass is 35.5. The lowest BCUT2D eigenvalue weighted by Crippen LogP contribution is -2.45. The zero-order valence-electron chi connectivity index (χ0n) is 14.4. The number of nitrogens with zero attached hydrogens (tertiary/aromatic N) is 1. The number of hydrogen-bond acceptors (Lipinski definition) is 3. The fraction of sp³-hybridized carbons (Fsp3) is 0.350. The third-order valence-electron chi connectivity index (χ3n) is 4.84. The summed E-state index contributed by atoms with van der Waals surface area (Å²) in [5.41, 5.74) is 1.83. The molecule has 1 aliphatic rings. The molecule has 138 valence electrons. The SMILES string of the molecule is O=C(Cc1ccc(Cl)c(Cl)c1)N(O)C(Cc1ccccc1)C1CCNC1. The van der Waals surface area contributed by atoms with Crippen molar-refractivity contribution in [3.63, 3.8) is 0 Å². The molecule has 1 saturated heterocycles. The minimum absolute atomic E-state index is 0.0822. The Morgan fingerprint density at radius 2 is 1.92 bits per heavy atom. The van der Waals surface area contributed by atoms with Gasteiger partial charge in [-0.3, -0.25) is 10.0 Å². The van der Waals surface area contributed by atoms with Crippen LogP contribution in [-0.2, 0) is 17.6 Å². The molecule has 3 rings (SSSR count). The Hall–Kier alpha value is -1.59. The molecule has 0 spiro atoms. The van der Waals surface area contributed by atoms with E-state index in [0.717, 1.165) is 35.7 Å². The lowest BCUT2D eigenvalue weighted by atomic mass is 9.92. The van der Waals surface area contributed by atoms with Gasteiger partial charge in [-0.1, -0.05) is 59.6 Å². The summed E-state index contributed by atoms with van der Waals surface area (Å²) in [7, 11) is 0. The van der Waals surface area contributed by atoms with Crippen molar-refractivity contribution in [3.8, 4) is 0 Å². The minimum Gasteiger partial charge on any atom is -0.316 e. The predicted octanol–water partition coefficient (Wildman–Crippen LogP) is 3.97. The maximum absolute atomic E-state index is 12.7. The molecule has 4 nitrogen and oxygen atoms in total. The van der Waals surface area contributed by atoms with Crippen LogP contribution in [0.4, 0.5) is 0 Å². The van der Waals surface area contributed by atoms with Crippen molar-refractivity contribution < 1.29 is 10.0 Å². The third-order valence-corrected chi connectivity index (χ3v) is 5.58. The van der Waals surface area contributed by atoms with Crippen molar-refractivity contribution in [1.82, 2.24) is 10.4 Å². The normalized spacial score (nSPS) is 17.9. The molecular weight excluding hydrogens is 371 g/mol. The van der Waals surface area contributed by atoms with Crippen molar-refractivity contribution in [2.24, 2.45) is 5.92 Å². The Balaban J connectivity index is 1.73. The predicted molar refractivity (Wildman–Crippen MR) is 104 cm³/mol. The highest BCUT2D eigenvalue weighted by Crippen LogP contribution is 2.25. The number of nitrogens with one attached hydrogen (secondary N) is 1. The summed E-state index contributed by atoms with van der Waals surface area (Å²) in [5, 5.41) is 15.8. The van der Waals surface area contributed by atoms with E-state index in [1.165, 1.54) is 0 Å². The molecule has 0 bridgehead atoms. The quantitative estimate of drug-likeness (QED) is 0.577. The molecule has 2 aromatic carbocycles. The van der Waals surface area contributed by atoms with Gasteiger partial charge in [0.05, 0.1) is 22.5 Å². The highest BCUT2D eigenvalue weighted by Gasteiger charge is 2.32. The van der Waals surface area contributed by atoms with E-state index in [-0.39, 0.29) is 24.3 Å². The Bertz CT molecular complexity index is 749. The Morgan fingerprint density at radius 3 is 2.58 bits per heavy atom. The van der Waals surface area contributed by atoms with Crippen molar-refractivity contribution in [2.75, 3.05) is 13.1 Å². The Labute approximate surface area is 163 Å². The highest BCUT2D eigenvalue weighted by molar-refractivity contribution is 6.42. The number of hydrogen-bond donors (Lipinski definition) is 2. The molecule has 1 aliphatic heterocycles. The van der Waals surface area contributed by atoms with Crippen LogP contribution < -0.4 is 5.32 Å². The van der Waals surface area contributed by atoms with Crippen LogP contribution in [0.1, 0.15) is 17.5 Å². The van der Waals surface area contributed by atoms with Crippen LogP contribution in [0.25, 0.3) is 0 Å². The molecule has 0 aliphatic carbocycles. The molecule has 1 fully saturated rings. The molecule has 0 aromatic heterocycles. The number of carbonyl (C=O) groups excluding carboxylic acids is 1. The van der Waals surface area contributed by atoms with E-state index in [9.17, 15) is 10.0 Å². The lowest BCUT2D eigenvalue weighted by molar-refractivity contribution is -0.179. The summed E-state index contributed by atoms with van der Waals surface area (Å²) in [5.74, 6) is -0.116. The first-order valence-electron chi connectivity index (χ1n) is 8.74.